The van der Waals surface area contributed by atoms with Gasteiger partial charge in [0.15, 0.2) is 6.10 Å². The summed E-state index contributed by atoms with van der Waals surface area (Å²) in [5, 5.41) is 0. The van der Waals surface area contributed by atoms with Gasteiger partial charge >= 0.3 is 17.9 Å². The molecule has 1 unspecified atom stereocenters. The van der Waals surface area contributed by atoms with Crippen molar-refractivity contribution in [1.82, 2.24) is 0 Å². The van der Waals surface area contributed by atoms with Gasteiger partial charge in [0.2, 0.25) is 0 Å². The van der Waals surface area contributed by atoms with Gasteiger partial charge in [-0.2, -0.15) is 0 Å². The van der Waals surface area contributed by atoms with Gasteiger partial charge in [-0.1, -0.05) is 278 Å². The molecule has 0 fully saturated rings. The van der Waals surface area contributed by atoms with Gasteiger partial charge in [0.05, 0.1) is 0 Å². The summed E-state index contributed by atoms with van der Waals surface area (Å²) in [5.74, 6) is 0.0301. The number of hydrogen-bond donors (Lipinski definition) is 0. The number of carbonyl (C=O) groups excluding carboxylic acids is 3. The molecule has 0 amide bonds. The zero-order valence-electron chi connectivity index (χ0n) is 42.3. The summed E-state index contributed by atoms with van der Waals surface area (Å²) in [6.45, 7) is 9.07. The zero-order valence-corrected chi connectivity index (χ0v) is 42.3. The molecule has 0 N–H and O–H groups in total. The SMILES string of the molecule is CCCCCCCCCCCCCCCCCCCCC(=O)OC[C@@H](COC(=O)CCCCCCCCCCCCC(C)CC)OC(=O)CCCCCCCCCCCCCC. The summed E-state index contributed by atoms with van der Waals surface area (Å²) in [6.07, 6.45) is 53.7. The summed E-state index contributed by atoms with van der Waals surface area (Å²) in [6, 6.07) is 0. The third-order valence-electron chi connectivity index (χ3n) is 13.2. The number of esters is 3. The van der Waals surface area contributed by atoms with Gasteiger partial charge in [0.1, 0.15) is 13.2 Å². The van der Waals surface area contributed by atoms with E-state index < -0.39 is 6.10 Å². The molecule has 0 aliphatic carbocycles. The van der Waals surface area contributed by atoms with Crippen molar-refractivity contribution in [3.63, 3.8) is 0 Å². The van der Waals surface area contributed by atoms with Crippen molar-refractivity contribution in [2.75, 3.05) is 13.2 Å². The standard InChI is InChI=1S/C56H108O6/c1-5-8-10-12-14-16-18-20-21-22-23-24-25-27-31-35-39-43-47-54(57)60-50-53(62-56(59)49-45-41-37-33-26-19-17-15-13-11-9-6-2)51-61-55(58)48-44-40-36-32-29-28-30-34-38-42-46-52(4)7-3/h52-53H,5-51H2,1-4H3/t52?,53-/m0/s1. The number of carbonyl (C=O) groups is 3. The van der Waals surface area contributed by atoms with Crippen molar-refractivity contribution in [1.29, 1.82) is 0 Å². The van der Waals surface area contributed by atoms with E-state index in [0.717, 1.165) is 63.7 Å². The first-order chi connectivity index (χ1) is 30.4. The fourth-order valence-electron chi connectivity index (χ4n) is 8.54. The molecule has 62 heavy (non-hydrogen) atoms. The molecule has 0 spiro atoms. The summed E-state index contributed by atoms with van der Waals surface area (Å²) >= 11 is 0. The maximum absolute atomic E-state index is 12.8. The predicted octanol–water partition coefficient (Wildman–Crippen LogP) is 18.2. The molecule has 368 valence electrons. The van der Waals surface area contributed by atoms with E-state index in [4.69, 9.17) is 14.2 Å². The fraction of sp³-hybridized carbons (Fsp3) is 0.946. The first kappa shape index (κ1) is 60.4. The smallest absolute Gasteiger partial charge is 0.306 e. The van der Waals surface area contributed by atoms with Crippen LogP contribution >= 0.6 is 0 Å². The summed E-state index contributed by atoms with van der Waals surface area (Å²) in [4.78, 5) is 38.0. The lowest BCUT2D eigenvalue weighted by Gasteiger charge is -2.18. The van der Waals surface area contributed by atoms with E-state index in [-0.39, 0.29) is 31.1 Å². The van der Waals surface area contributed by atoms with E-state index in [2.05, 4.69) is 27.7 Å². The largest absolute Gasteiger partial charge is 0.462 e. The number of hydrogen-bond acceptors (Lipinski definition) is 6. The average Bonchev–Trinajstić information content (AvgIpc) is 3.27. The molecule has 0 heterocycles. The Hall–Kier alpha value is -1.59. The first-order valence-electron chi connectivity index (χ1n) is 27.9. The molecule has 2 atom stereocenters. The summed E-state index contributed by atoms with van der Waals surface area (Å²) in [5.41, 5.74) is 0. The second-order valence-corrected chi connectivity index (χ2v) is 19.5. The highest BCUT2D eigenvalue weighted by Gasteiger charge is 2.19. The Morgan fingerprint density at radius 3 is 0.839 bits per heavy atom. The van der Waals surface area contributed by atoms with Crippen molar-refractivity contribution in [2.24, 2.45) is 5.92 Å². The van der Waals surface area contributed by atoms with Gasteiger partial charge in [-0.15, -0.1) is 0 Å². The zero-order chi connectivity index (χ0) is 45.2. The summed E-state index contributed by atoms with van der Waals surface area (Å²) in [7, 11) is 0. The fourth-order valence-corrected chi connectivity index (χ4v) is 8.54. The van der Waals surface area contributed by atoms with Crippen molar-refractivity contribution in [2.45, 2.75) is 323 Å². The second kappa shape index (κ2) is 50.4. The minimum absolute atomic E-state index is 0.0623. The molecule has 0 bridgehead atoms. The lowest BCUT2D eigenvalue weighted by Crippen LogP contribution is -2.30. The first-order valence-corrected chi connectivity index (χ1v) is 27.9. The Morgan fingerprint density at radius 1 is 0.323 bits per heavy atom. The molecule has 0 radical (unpaired) electrons. The molecule has 0 saturated carbocycles. The van der Waals surface area contributed by atoms with Crippen molar-refractivity contribution in [3.8, 4) is 0 Å². The highest BCUT2D eigenvalue weighted by Crippen LogP contribution is 2.18. The van der Waals surface area contributed by atoms with Crippen LogP contribution in [0.5, 0.6) is 0 Å². The minimum Gasteiger partial charge on any atom is -0.462 e. The van der Waals surface area contributed by atoms with Gasteiger partial charge in [-0.05, 0) is 25.2 Å². The van der Waals surface area contributed by atoms with Crippen LogP contribution in [-0.2, 0) is 28.6 Å². The van der Waals surface area contributed by atoms with Crippen LogP contribution in [-0.4, -0.2) is 37.2 Å². The molecule has 0 aliphatic rings. The second-order valence-electron chi connectivity index (χ2n) is 19.5. The van der Waals surface area contributed by atoms with E-state index in [0.29, 0.717) is 19.3 Å². The Labute approximate surface area is 387 Å². The van der Waals surface area contributed by atoms with Crippen LogP contribution in [0.25, 0.3) is 0 Å². The van der Waals surface area contributed by atoms with Gasteiger partial charge in [0, 0.05) is 19.3 Å². The third-order valence-corrected chi connectivity index (χ3v) is 13.2. The Balaban J connectivity index is 4.27. The highest BCUT2D eigenvalue weighted by molar-refractivity contribution is 5.71. The van der Waals surface area contributed by atoms with Gasteiger partial charge in [-0.3, -0.25) is 14.4 Å². The lowest BCUT2D eigenvalue weighted by atomic mass is 9.99. The van der Waals surface area contributed by atoms with Crippen LogP contribution in [0, 0.1) is 5.92 Å². The molecule has 0 aromatic heterocycles. The monoisotopic (exact) mass is 877 g/mol. The Morgan fingerprint density at radius 2 is 0.565 bits per heavy atom. The van der Waals surface area contributed by atoms with Gasteiger partial charge in [-0.25, -0.2) is 0 Å². The highest BCUT2D eigenvalue weighted by atomic mass is 16.6. The van der Waals surface area contributed by atoms with Crippen LogP contribution < -0.4 is 0 Å². The molecule has 0 aliphatic heterocycles. The van der Waals surface area contributed by atoms with E-state index >= 15 is 0 Å². The molecule has 0 aromatic rings. The lowest BCUT2D eigenvalue weighted by molar-refractivity contribution is -0.167. The quantitative estimate of drug-likeness (QED) is 0.0344. The van der Waals surface area contributed by atoms with Crippen molar-refractivity contribution < 1.29 is 28.6 Å². The van der Waals surface area contributed by atoms with E-state index in [1.54, 1.807) is 0 Å². The number of ether oxygens (including phenoxy) is 3. The maximum Gasteiger partial charge on any atom is 0.306 e. The third kappa shape index (κ3) is 47.9. The minimum atomic E-state index is -0.761. The number of unbranched alkanes of at least 4 members (excludes halogenated alkanes) is 37. The predicted molar refractivity (Wildman–Crippen MR) is 266 cm³/mol. The maximum atomic E-state index is 12.8. The Bertz CT molecular complexity index is 935. The van der Waals surface area contributed by atoms with E-state index in [1.165, 1.54) is 212 Å². The molecular formula is C56H108O6. The van der Waals surface area contributed by atoms with Crippen molar-refractivity contribution >= 4 is 17.9 Å². The Kier molecular flexibility index (Phi) is 49.1. The number of rotatable bonds is 51. The van der Waals surface area contributed by atoms with Crippen LogP contribution in [0.2, 0.25) is 0 Å². The molecule has 0 aromatic carbocycles. The van der Waals surface area contributed by atoms with Crippen LogP contribution in [0.15, 0.2) is 0 Å². The summed E-state index contributed by atoms with van der Waals surface area (Å²) < 4.78 is 16.9. The topological polar surface area (TPSA) is 78.9 Å². The van der Waals surface area contributed by atoms with Gasteiger partial charge < -0.3 is 14.2 Å². The van der Waals surface area contributed by atoms with Crippen LogP contribution in [0.4, 0.5) is 0 Å². The van der Waals surface area contributed by atoms with E-state index in [1.807, 2.05) is 0 Å². The average molecular weight is 877 g/mol. The van der Waals surface area contributed by atoms with Crippen LogP contribution in [0.3, 0.4) is 0 Å². The molecule has 6 heteroatoms. The van der Waals surface area contributed by atoms with Gasteiger partial charge in [0.25, 0.3) is 0 Å². The normalized spacial score (nSPS) is 12.4. The molecule has 6 nitrogen and oxygen atoms in total. The van der Waals surface area contributed by atoms with E-state index in [9.17, 15) is 14.4 Å². The molecule has 0 rings (SSSR count). The van der Waals surface area contributed by atoms with Crippen LogP contribution in [0.1, 0.15) is 317 Å². The molecular weight excluding hydrogens is 769 g/mol. The van der Waals surface area contributed by atoms with Crippen molar-refractivity contribution in [3.05, 3.63) is 0 Å². The molecule has 0 saturated heterocycles.